The van der Waals surface area contributed by atoms with Gasteiger partial charge >= 0.3 is 5.97 Å². The van der Waals surface area contributed by atoms with Gasteiger partial charge in [0.25, 0.3) is 5.89 Å². The number of aromatic nitrogens is 2. The van der Waals surface area contributed by atoms with E-state index in [2.05, 4.69) is 15.2 Å². The second-order valence-electron chi connectivity index (χ2n) is 6.84. The van der Waals surface area contributed by atoms with Crippen LogP contribution in [-0.4, -0.2) is 39.3 Å². The van der Waals surface area contributed by atoms with Gasteiger partial charge in [-0.25, -0.2) is 5.01 Å². The molecule has 0 atom stereocenters. The molecule has 0 unspecified atom stereocenters. The van der Waals surface area contributed by atoms with Crippen molar-refractivity contribution in [3.63, 3.8) is 0 Å². The molecule has 0 spiro atoms. The Morgan fingerprint density at radius 2 is 1.84 bits per heavy atom. The first kappa shape index (κ1) is 20.7. The first-order valence-corrected chi connectivity index (χ1v) is 10.1. The molecular weight excluding hydrogens is 420 g/mol. The van der Waals surface area contributed by atoms with Gasteiger partial charge in [0.1, 0.15) is 0 Å². The second-order valence-corrected chi connectivity index (χ2v) is 7.24. The Morgan fingerprint density at radius 3 is 2.65 bits per heavy atom. The Labute approximate surface area is 183 Å². The lowest BCUT2D eigenvalue weighted by atomic mass is 10.1. The van der Waals surface area contributed by atoms with Crippen molar-refractivity contribution in [1.82, 2.24) is 15.1 Å². The summed E-state index contributed by atoms with van der Waals surface area (Å²) in [5.74, 6) is -0.286. The molecule has 0 saturated heterocycles. The van der Waals surface area contributed by atoms with E-state index in [4.69, 9.17) is 20.9 Å². The van der Waals surface area contributed by atoms with E-state index in [-0.39, 0.29) is 37.1 Å². The van der Waals surface area contributed by atoms with Crippen LogP contribution in [0.2, 0.25) is 5.02 Å². The van der Waals surface area contributed by atoms with Crippen molar-refractivity contribution in [2.45, 2.75) is 25.9 Å². The molecule has 0 N–H and O–H groups in total. The zero-order valence-electron chi connectivity index (χ0n) is 16.5. The number of hydrogen-bond acceptors (Lipinski definition) is 7. The van der Waals surface area contributed by atoms with Crippen LogP contribution in [-0.2, 0) is 20.9 Å². The zero-order valence-corrected chi connectivity index (χ0v) is 17.3. The highest BCUT2D eigenvalue weighted by Crippen LogP contribution is 2.25. The Kier molecular flexibility index (Phi) is 6.37. The topological polar surface area (TPSA) is 97.9 Å². The number of carbonyl (C=O) groups is 2. The Morgan fingerprint density at radius 1 is 1.06 bits per heavy atom. The molecular formula is C22H19ClN4O4. The standard InChI is InChI=1S/C22H19ClN4O4/c23-17-9-5-4-8-16(17)22-24-19(26-31-22)14-30-21(29)11-10-20(28)27-13-12-18(25-27)15-6-2-1-3-7-15/h1-9H,10-14H2. The number of carbonyl (C=O) groups excluding carboxylic acids is 2. The number of halogens is 1. The summed E-state index contributed by atoms with van der Waals surface area (Å²) in [5.41, 5.74) is 2.46. The molecule has 2 aromatic carbocycles. The number of benzene rings is 2. The normalized spacial score (nSPS) is 13.2. The highest BCUT2D eigenvalue weighted by Gasteiger charge is 2.22. The van der Waals surface area contributed by atoms with Crippen LogP contribution in [0, 0.1) is 0 Å². The summed E-state index contributed by atoms with van der Waals surface area (Å²) in [6.45, 7) is 0.354. The van der Waals surface area contributed by atoms with E-state index in [0.29, 0.717) is 23.6 Å². The highest BCUT2D eigenvalue weighted by atomic mass is 35.5. The summed E-state index contributed by atoms with van der Waals surface area (Å²) >= 11 is 6.11. The second kappa shape index (κ2) is 9.53. The fourth-order valence-corrected chi connectivity index (χ4v) is 3.30. The van der Waals surface area contributed by atoms with Crippen LogP contribution < -0.4 is 0 Å². The Balaban J connectivity index is 1.24. The predicted octanol–water partition coefficient (Wildman–Crippen LogP) is 3.85. The fourth-order valence-electron chi connectivity index (χ4n) is 3.08. The van der Waals surface area contributed by atoms with Gasteiger partial charge in [0.15, 0.2) is 6.61 Å². The van der Waals surface area contributed by atoms with Crippen molar-refractivity contribution < 1.29 is 18.8 Å². The average molecular weight is 439 g/mol. The van der Waals surface area contributed by atoms with Crippen LogP contribution in [0.1, 0.15) is 30.7 Å². The average Bonchev–Trinajstić information content (AvgIpc) is 3.47. The molecule has 0 aliphatic carbocycles. The molecule has 0 bridgehead atoms. The molecule has 8 nitrogen and oxygen atoms in total. The number of hydrogen-bond donors (Lipinski definition) is 0. The van der Waals surface area contributed by atoms with E-state index in [1.807, 2.05) is 30.3 Å². The van der Waals surface area contributed by atoms with Crippen LogP contribution >= 0.6 is 11.6 Å². The molecule has 158 valence electrons. The molecule has 1 aliphatic heterocycles. The minimum Gasteiger partial charge on any atom is -0.457 e. The maximum absolute atomic E-state index is 12.4. The number of nitrogens with zero attached hydrogens (tertiary/aromatic N) is 4. The third kappa shape index (κ3) is 5.16. The SMILES string of the molecule is O=C(CCC(=O)N1CCC(c2ccccc2)=N1)OCc1noc(-c2ccccc2Cl)n1. The number of esters is 1. The monoisotopic (exact) mass is 438 g/mol. The first-order valence-electron chi connectivity index (χ1n) is 9.76. The lowest BCUT2D eigenvalue weighted by Crippen LogP contribution is -2.24. The summed E-state index contributed by atoms with van der Waals surface area (Å²) in [4.78, 5) is 28.5. The fraction of sp³-hybridized carbons (Fsp3) is 0.227. The van der Waals surface area contributed by atoms with Crippen molar-refractivity contribution in [3.8, 4) is 11.5 Å². The number of ether oxygens (including phenoxy) is 1. The van der Waals surface area contributed by atoms with Crippen LogP contribution in [0.5, 0.6) is 0 Å². The van der Waals surface area contributed by atoms with E-state index in [9.17, 15) is 9.59 Å². The van der Waals surface area contributed by atoms with Gasteiger partial charge in [-0.2, -0.15) is 10.1 Å². The van der Waals surface area contributed by atoms with Crippen LogP contribution in [0.4, 0.5) is 0 Å². The smallest absolute Gasteiger partial charge is 0.306 e. The maximum Gasteiger partial charge on any atom is 0.306 e. The van der Waals surface area contributed by atoms with E-state index in [1.165, 1.54) is 5.01 Å². The van der Waals surface area contributed by atoms with Gasteiger partial charge in [-0.05, 0) is 17.7 Å². The number of rotatable bonds is 7. The summed E-state index contributed by atoms with van der Waals surface area (Å²) in [7, 11) is 0. The molecule has 31 heavy (non-hydrogen) atoms. The summed E-state index contributed by atoms with van der Waals surface area (Å²) in [5, 5.41) is 10.0. The molecule has 1 amide bonds. The third-order valence-electron chi connectivity index (χ3n) is 4.67. The minimum atomic E-state index is -0.524. The lowest BCUT2D eigenvalue weighted by molar-refractivity contribution is -0.147. The van der Waals surface area contributed by atoms with E-state index in [0.717, 1.165) is 11.3 Å². The quantitative estimate of drug-likeness (QED) is 0.519. The van der Waals surface area contributed by atoms with Crippen LogP contribution in [0.15, 0.2) is 64.2 Å². The van der Waals surface area contributed by atoms with Crippen LogP contribution in [0.25, 0.3) is 11.5 Å². The maximum atomic E-state index is 12.4. The molecule has 4 rings (SSSR count). The summed E-state index contributed by atoms with van der Waals surface area (Å²) in [6.07, 6.45) is 0.647. The van der Waals surface area contributed by atoms with E-state index in [1.54, 1.807) is 24.3 Å². The summed E-state index contributed by atoms with van der Waals surface area (Å²) in [6, 6.07) is 16.8. The first-order chi connectivity index (χ1) is 15.1. The molecule has 9 heteroatoms. The number of amides is 1. The van der Waals surface area contributed by atoms with Crippen molar-refractivity contribution in [1.29, 1.82) is 0 Å². The predicted molar refractivity (Wildman–Crippen MR) is 113 cm³/mol. The Bertz CT molecular complexity index is 1110. The largest absolute Gasteiger partial charge is 0.457 e. The van der Waals surface area contributed by atoms with Gasteiger partial charge < -0.3 is 9.26 Å². The van der Waals surface area contributed by atoms with Gasteiger partial charge in [-0.3, -0.25) is 9.59 Å². The van der Waals surface area contributed by atoms with E-state index >= 15 is 0 Å². The van der Waals surface area contributed by atoms with Crippen LogP contribution in [0.3, 0.4) is 0 Å². The molecule has 0 fully saturated rings. The summed E-state index contributed by atoms with van der Waals surface area (Å²) < 4.78 is 10.3. The highest BCUT2D eigenvalue weighted by molar-refractivity contribution is 6.33. The van der Waals surface area contributed by atoms with Gasteiger partial charge in [0.2, 0.25) is 11.7 Å². The molecule has 2 heterocycles. The van der Waals surface area contributed by atoms with Gasteiger partial charge in [-0.1, -0.05) is 59.2 Å². The van der Waals surface area contributed by atoms with E-state index < -0.39 is 5.97 Å². The molecule has 1 aromatic heterocycles. The van der Waals surface area contributed by atoms with Gasteiger partial charge in [0.05, 0.1) is 29.3 Å². The van der Waals surface area contributed by atoms with Gasteiger partial charge in [-0.15, -0.1) is 0 Å². The lowest BCUT2D eigenvalue weighted by Gasteiger charge is -2.10. The number of hydrazone groups is 1. The van der Waals surface area contributed by atoms with Crippen molar-refractivity contribution >= 4 is 29.2 Å². The van der Waals surface area contributed by atoms with Crippen molar-refractivity contribution in [3.05, 3.63) is 71.0 Å². The van der Waals surface area contributed by atoms with Gasteiger partial charge in [0, 0.05) is 12.8 Å². The molecule has 0 saturated carbocycles. The molecule has 3 aromatic rings. The zero-order chi connectivity index (χ0) is 21.6. The minimum absolute atomic E-state index is 0.0154. The van der Waals surface area contributed by atoms with Crippen molar-refractivity contribution in [2.75, 3.05) is 6.54 Å². The Hall–Kier alpha value is -3.52. The van der Waals surface area contributed by atoms with Crippen molar-refractivity contribution in [2.24, 2.45) is 5.10 Å². The third-order valence-corrected chi connectivity index (χ3v) is 5.00. The molecule has 1 aliphatic rings. The molecule has 0 radical (unpaired) electrons.